The van der Waals surface area contributed by atoms with Crippen molar-refractivity contribution in [3.63, 3.8) is 0 Å². The fraction of sp³-hybridized carbons (Fsp3) is 0.125. The topological polar surface area (TPSA) is 116 Å². The molecule has 10 heteroatoms. The average molecular weight is 604 g/mol. The van der Waals surface area contributed by atoms with Crippen molar-refractivity contribution < 1.29 is 19.2 Å². The Kier molecular flexibility index (Phi) is 10.7. The smallest absolute Gasteiger partial charge is 0.257 e. The van der Waals surface area contributed by atoms with E-state index in [0.29, 0.717) is 56.8 Å². The molecule has 0 saturated heterocycles. The van der Waals surface area contributed by atoms with Gasteiger partial charge in [-0.2, -0.15) is 0 Å². The third kappa shape index (κ3) is 8.92. The second kappa shape index (κ2) is 14.8. The highest BCUT2D eigenvalue weighted by atomic mass is 35.5. The number of hydrogen-bond acceptors (Lipinski definition) is 4. The molecule has 4 aromatic carbocycles. The third-order valence-electron chi connectivity index (χ3n) is 6.11. The van der Waals surface area contributed by atoms with Gasteiger partial charge in [-0.1, -0.05) is 59.6 Å². The number of nitrogens with one attached hydrogen (secondary N) is 4. The maximum Gasteiger partial charge on any atom is 0.257 e. The van der Waals surface area contributed by atoms with E-state index in [1.54, 1.807) is 97.1 Å². The average Bonchev–Trinajstić information content (AvgIpc) is 2.96. The maximum absolute atomic E-state index is 12.8. The fourth-order valence-corrected chi connectivity index (χ4v) is 4.49. The number of rotatable bonds is 11. The van der Waals surface area contributed by atoms with Gasteiger partial charge in [-0.05, 0) is 73.5 Å². The first-order valence-electron chi connectivity index (χ1n) is 13.2. The molecule has 0 aromatic heterocycles. The maximum atomic E-state index is 12.8. The molecule has 0 spiro atoms. The molecule has 0 heterocycles. The number of anilines is 4. The number of amides is 4. The SMILES string of the molecule is O=C(CCCCC(=O)Nc1ccccc1C(=O)Nc1cccc(Cl)c1)Nc1ccccc1C(=O)Nc1cccc(Cl)c1. The second-order valence-electron chi connectivity index (χ2n) is 9.32. The monoisotopic (exact) mass is 602 g/mol. The van der Waals surface area contributed by atoms with Crippen LogP contribution in [0.2, 0.25) is 10.0 Å². The van der Waals surface area contributed by atoms with Crippen molar-refractivity contribution in [2.45, 2.75) is 25.7 Å². The summed E-state index contributed by atoms with van der Waals surface area (Å²) in [6, 6.07) is 27.0. The zero-order chi connectivity index (χ0) is 29.9. The Hall–Kier alpha value is -4.66. The van der Waals surface area contributed by atoms with E-state index in [1.807, 2.05) is 0 Å². The lowest BCUT2D eigenvalue weighted by Gasteiger charge is -2.12. The third-order valence-corrected chi connectivity index (χ3v) is 6.58. The standard InChI is InChI=1S/C32H28Cl2N4O4/c33-21-9-7-11-23(19-21)35-31(41)25-13-1-3-15-27(25)37-29(39)17-5-6-18-30(40)38-28-16-4-2-14-26(28)32(42)36-24-12-8-10-22(34)20-24/h1-4,7-16,19-20H,5-6,17-18H2,(H,35,41)(H,36,42)(H,37,39)(H,38,40). The molecule has 42 heavy (non-hydrogen) atoms. The van der Waals surface area contributed by atoms with Crippen LogP contribution >= 0.6 is 23.2 Å². The molecule has 0 aliphatic carbocycles. The van der Waals surface area contributed by atoms with Gasteiger partial charge in [0.25, 0.3) is 11.8 Å². The number of benzene rings is 4. The minimum Gasteiger partial charge on any atom is -0.325 e. The number of halogens is 2. The summed E-state index contributed by atoms with van der Waals surface area (Å²) in [6.07, 6.45) is 1.23. The van der Waals surface area contributed by atoms with Crippen LogP contribution in [-0.2, 0) is 9.59 Å². The molecular formula is C32H28Cl2N4O4. The van der Waals surface area contributed by atoms with E-state index in [2.05, 4.69) is 21.3 Å². The lowest BCUT2D eigenvalue weighted by Crippen LogP contribution is -2.19. The van der Waals surface area contributed by atoms with Gasteiger partial charge in [0, 0.05) is 34.3 Å². The van der Waals surface area contributed by atoms with E-state index < -0.39 is 0 Å². The quantitative estimate of drug-likeness (QED) is 0.132. The molecule has 0 fully saturated rings. The van der Waals surface area contributed by atoms with Crippen LogP contribution in [0.5, 0.6) is 0 Å². The molecular weight excluding hydrogens is 575 g/mol. The second-order valence-corrected chi connectivity index (χ2v) is 10.2. The van der Waals surface area contributed by atoms with Crippen molar-refractivity contribution >= 4 is 69.6 Å². The summed E-state index contributed by atoms with van der Waals surface area (Å²) in [6.45, 7) is 0. The van der Waals surface area contributed by atoms with Crippen molar-refractivity contribution in [2.75, 3.05) is 21.3 Å². The van der Waals surface area contributed by atoms with Gasteiger partial charge in [0.15, 0.2) is 0 Å². The molecule has 0 bridgehead atoms. The highest BCUT2D eigenvalue weighted by Crippen LogP contribution is 2.22. The number of para-hydroxylation sites is 2. The van der Waals surface area contributed by atoms with Gasteiger partial charge in [-0.15, -0.1) is 0 Å². The van der Waals surface area contributed by atoms with Gasteiger partial charge in [0.05, 0.1) is 22.5 Å². The van der Waals surface area contributed by atoms with Crippen LogP contribution in [0, 0.1) is 0 Å². The van der Waals surface area contributed by atoms with Crippen LogP contribution < -0.4 is 21.3 Å². The van der Waals surface area contributed by atoms with Crippen LogP contribution in [0.1, 0.15) is 46.4 Å². The van der Waals surface area contributed by atoms with Crippen molar-refractivity contribution in [2.24, 2.45) is 0 Å². The zero-order valence-corrected chi connectivity index (χ0v) is 24.0. The molecule has 0 atom stereocenters. The normalized spacial score (nSPS) is 10.4. The summed E-state index contributed by atoms with van der Waals surface area (Å²) in [7, 11) is 0. The predicted octanol–water partition coefficient (Wildman–Crippen LogP) is 7.64. The molecule has 0 aliphatic rings. The number of carbonyl (C=O) groups excluding carboxylic acids is 4. The van der Waals surface area contributed by atoms with Crippen LogP contribution in [0.4, 0.5) is 22.7 Å². The molecule has 214 valence electrons. The Labute approximate surface area is 253 Å². The van der Waals surface area contributed by atoms with E-state index in [9.17, 15) is 19.2 Å². The summed E-state index contributed by atoms with van der Waals surface area (Å²) in [5.74, 6) is -1.32. The highest BCUT2D eigenvalue weighted by molar-refractivity contribution is 6.31. The Bertz CT molecular complexity index is 1490. The van der Waals surface area contributed by atoms with Gasteiger partial charge < -0.3 is 21.3 Å². The van der Waals surface area contributed by atoms with Crippen molar-refractivity contribution in [3.05, 3.63) is 118 Å². The molecule has 4 N–H and O–H groups in total. The minimum absolute atomic E-state index is 0.163. The number of hydrogen-bond donors (Lipinski definition) is 4. The molecule has 0 unspecified atom stereocenters. The lowest BCUT2D eigenvalue weighted by atomic mass is 10.1. The van der Waals surface area contributed by atoms with Crippen LogP contribution in [0.25, 0.3) is 0 Å². The van der Waals surface area contributed by atoms with Crippen molar-refractivity contribution in [3.8, 4) is 0 Å². The first kappa shape index (κ1) is 30.3. The molecule has 8 nitrogen and oxygen atoms in total. The van der Waals surface area contributed by atoms with Crippen molar-refractivity contribution in [1.29, 1.82) is 0 Å². The van der Waals surface area contributed by atoms with Crippen LogP contribution in [0.3, 0.4) is 0 Å². The van der Waals surface area contributed by atoms with Gasteiger partial charge in [-0.3, -0.25) is 19.2 Å². The largest absolute Gasteiger partial charge is 0.325 e. The molecule has 0 saturated carbocycles. The van der Waals surface area contributed by atoms with Gasteiger partial charge in [-0.25, -0.2) is 0 Å². The lowest BCUT2D eigenvalue weighted by molar-refractivity contribution is -0.118. The first-order chi connectivity index (χ1) is 20.3. The van der Waals surface area contributed by atoms with Crippen LogP contribution in [0.15, 0.2) is 97.1 Å². The zero-order valence-electron chi connectivity index (χ0n) is 22.5. The molecule has 4 aromatic rings. The van der Waals surface area contributed by atoms with E-state index in [4.69, 9.17) is 23.2 Å². The summed E-state index contributed by atoms with van der Waals surface area (Å²) in [5, 5.41) is 12.1. The van der Waals surface area contributed by atoms with Gasteiger partial charge in [0.1, 0.15) is 0 Å². The molecule has 0 aliphatic heterocycles. The summed E-state index contributed by atoms with van der Waals surface area (Å²) in [5.41, 5.74) is 2.46. The molecule has 0 radical (unpaired) electrons. The Morgan fingerprint density at radius 1 is 0.500 bits per heavy atom. The fourth-order valence-electron chi connectivity index (χ4n) is 4.11. The Balaban J connectivity index is 1.25. The number of carbonyl (C=O) groups is 4. The summed E-state index contributed by atoms with van der Waals surface area (Å²) >= 11 is 12.0. The van der Waals surface area contributed by atoms with Crippen LogP contribution in [-0.4, -0.2) is 23.6 Å². The summed E-state index contributed by atoms with van der Waals surface area (Å²) in [4.78, 5) is 50.8. The van der Waals surface area contributed by atoms with E-state index in [1.165, 1.54) is 0 Å². The van der Waals surface area contributed by atoms with Gasteiger partial charge in [0.2, 0.25) is 11.8 Å². The number of unbranched alkanes of at least 4 members (excludes halogenated alkanes) is 1. The van der Waals surface area contributed by atoms with E-state index in [0.717, 1.165) is 0 Å². The predicted molar refractivity (Wildman–Crippen MR) is 167 cm³/mol. The summed E-state index contributed by atoms with van der Waals surface area (Å²) < 4.78 is 0. The molecule has 4 rings (SSSR count). The van der Waals surface area contributed by atoms with E-state index in [-0.39, 0.29) is 36.5 Å². The Morgan fingerprint density at radius 2 is 0.905 bits per heavy atom. The Morgan fingerprint density at radius 3 is 1.31 bits per heavy atom. The molecule has 4 amide bonds. The van der Waals surface area contributed by atoms with Gasteiger partial charge >= 0.3 is 0 Å². The highest BCUT2D eigenvalue weighted by Gasteiger charge is 2.15. The van der Waals surface area contributed by atoms with Crippen molar-refractivity contribution in [1.82, 2.24) is 0 Å². The first-order valence-corrected chi connectivity index (χ1v) is 14.0. The minimum atomic E-state index is -0.383. The van der Waals surface area contributed by atoms with E-state index >= 15 is 0 Å².